The molecule has 3 N–H and O–H groups in total. The van der Waals surface area contributed by atoms with Crippen LogP contribution in [0.2, 0.25) is 0 Å². The van der Waals surface area contributed by atoms with Crippen LogP contribution in [0.5, 0.6) is 0 Å². The van der Waals surface area contributed by atoms with Crippen LogP contribution in [-0.4, -0.2) is 56.6 Å². The number of ether oxygens (including phenoxy) is 1. The van der Waals surface area contributed by atoms with E-state index in [1.165, 1.54) is 6.20 Å². The third-order valence-corrected chi connectivity index (χ3v) is 8.29. The molecule has 0 spiro atoms. The van der Waals surface area contributed by atoms with Gasteiger partial charge in [-0.15, -0.1) is 0 Å². The fourth-order valence-corrected chi connectivity index (χ4v) is 5.58. The zero-order valence-electron chi connectivity index (χ0n) is 25.6. The molecule has 1 aliphatic heterocycles. The number of halogens is 1. The van der Waals surface area contributed by atoms with E-state index in [2.05, 4.69) is 43.5 Å². The number of anilines is 1. The number of hydrogen-bond acceptors (Lipinski definition) is 7. The first kappa shape index (κ1) is 33.6. The summed E-state index contributed by atoms with van der Waals surface area (Å²) in [5.41, 5.74) is 5.15. The summed E-state index contributed by atoms with van der Waals surface area (Å²) in [5.74, 6) is -2.59. The van der Waals surface area contributed by atoms with E-state index < -0.39 is 42.0 Å². The highest BCUT2D eigenvalue weighted by molar-refractivity contribution is 9.08. The molecule has 238 valence electrons. The molecule has 2 aromatic heterocycles. The normalized spacial score (nSPS) is 16.4. The monoisotopic (exact) mass is 679 g/mol. The van der Waals surface area contributed by atoms with Crippen LogP contribution in [0.1, 0.15) is 68.0 Å². The molecule has 1 saturated heterocycles. The molecule has 3 aromatic rings. The van der Waals surface area contributed by atoms with E-state index in [-0.39, 0.29) is 12.2 Å². The van der Waals surface area contributed by atoms with Crippen LogP contribution < -0.4 is 10.6 Å². The quantitative estimate of drug-likeness (QED) is 0.107. The molecule has 0 unspecified atom stereocenters. The number of aryl methyl sites for hydroxylation is 1. The molecular weight excluding hydrogens is 642 g/mol. The van der Waals surface area contributed by atoms with Crippen molar-refractivity contribution in [3.05, 3.63) is 77.1 Å². The second-order valence-electron chi connectivity index (χ2n) is 11.1. The minimum Gasteiger partial charge on any atom is -0.480 e. The summed E-state index contributed by atoms with van der Waals surface area (Å²) in [4.78, 5) is 59.9. The Morgan fingerprint density at radius 1 is 1.07 bits per heavy atom. The lowest BCUT2D eigenvalue weighted by Gasteiger charge is -2.43. The number of urea groups is 1. The van der Waals surface area contributed by atoms with Gasteiger partial charge in [0.25, 0.3) is 0 Å². The van der Waals surface area contributed by atoms with Gasteiger partial charge in [0.15, 0.2) is 6.04 Å². The van der Waals surface area contributed by atoms with E-state index >= 15 is 0 Å². The molecule has 1 aliphatic rings. The molecule has 45 heavy (non-hydrogen) atoms. The van der Waals surface area contributed by atoms with Crippen molar-refractivity contribution in [2.24, 2.45) is 5.92 Å². The van der Waals surface area contributed by atoms with Gasteiger partial charge in [0, 0.05) is 22.8 Å². The molecule has 0 bridgehead atoms. The van der Waals surface area contributed by atoms with Crippen LogP contribution in [0.25, 0.3) is 11.3 Å². The molecule has 4 amide bonds. The first-order chi connectivity index (χ1) is 21.6. The maximum Gasteiger partial charge on any atom is 0.412 e. The number of nitrogens with one attached hydrogen (secondary N) is 2. The maximum atomic E-state index is 13.1. The number of β-lactam (4-membered cyclic amide) rings is 1. The van der Waals surface area contributed by atoms with Crippen LogP contribution in [0.3, 0.4) is 0 Å². The van der Waals surface area contributed by atoms with Gasteiger partial charge >= 0.3 is 18.1 Å². The van der Waals surface area contributed by atoms with Crippen LogP contribution >= 0.6 is 15.9 Å². The van der Waals surface area contributed by atoms with Crippen molar-refractivity contribution in [3.63, 3.8) is 0 Å². The Morgan fingerprint density at radius 3 is 2.51 bits per heavy atom. The van der Waals surface area contributed by atoms with Gasteiger partial charge in [0.1, 0.15) is 5.82 Å². The minimum absolute atomic E-state index is 0.0592. The van der Waals surface area contributed by atoms with E-state index in [0.717, 1.165) is 58.7 Å². The van der Waals surface area contributed by atoms with Crippen LogP contribution in [0, 0.1) is 12.8 Å². The number of aliphatic carboxylic acids is 1. The second kappa shape index (κ2) is 15.6. The molecule has 12 heteroatoms. The van der Waals surface area contributed by atoms with Crippen molar-refractivity contribution in [1.29, 1.82) is 0 Å². The molecule has 0 radical (unpaired) electrons. The van der Waals surface area contributed by atoms with Crippen molar-refractivity contribution >= 4 is 45.7 Å². The van der Waals surface area contributed by atoms with Crippen LogP contribution in [0.4, 0.5) is 15.4 Å². The molecular formula is C33H38BrN5O6. The predicted octanol–water partition coefficient (Wildman–Crippen LogP) is 6.40. The Bertz CT molecular complexity index is 1530. The highest BCUT2D eigenvalue weighted by Crippen LogP contribution is 2.32. The van der Waals surface area contributed by atoms with Crippen molar-refractivity contribution in [2.45, 2.75) is 70.3 Å². The van der Waals surface area contributed by atoms with Gasteiger partial charge in [-0.2, -0.15) is 0 Å². The number of nitrogens with zero attached hydrogens (tertiary/aromatic N) is 3. The number of likely N-dealkylation sites (tertiary alicyclic amines) is 1. The fourth-order valence-electron chi connectivity index (χ4n) is 5.26. The number of carbonyl (C=O) groups excluding carboxylic acids is 3. The largest absolute Gasteiger partial charge is 0.480 e. The Kier molecular flexibility index (Phi) is 11.6. The fraction of sp³-hybridized carbons (Fsp3) is 0.394. The van der Waals surface area contributed by atoms with Gasteiger partial charge in [-0.3, -0.25) is 15.1 Å². The third-order valence-electron chi connectivity index (χ3n) is 7.64. The number of aromatic nitrogens is 2. The molecule has 11 nitrogen and oxygen atoms in total. The molecule has 1 aromatic carbocycles. The van der Waals surface area contributed by atoms with E-state index in [9.17, 15) is 24.3 Å². The van der Waals surface area contributed by atoms with Gasteiger partial charge in [-0.25, -0.2) is 24.3 Å². The van der Waals surface area contributed by atoms with Crippen LogP contribution in [-0.2, 0) is 26.1 Å². The average molecular weight is 681 g/mol. The van der Waals surface area contributed by atoms with Gasteiger partial charge in [0.2, 0.25) is 5.91 Å². The SMILES string of the molecule is CCCCCCOC(=O)Nc1cc(C[C@H]2C(=O)N(C(=O)N[C@H](C)c3ccc(-c4cc(CBr)cc(C)n4)cc3)[C@@H]2C(=O)O)ccn1. The number of carboxylic acid groups (broad SMARTS) is 1. The lowest BCUT2D eigenvalue weighted by molar-refractivity contribution is -0.165. The number of carboxylic acids is 1. The number of amides is 4. The average Bonchev–Trinajstić information content (AvgIpc) is 3.01. The topological polar surface area (TPSA) is 151 Å². The second-order valence-corrected chi connectivity index (χ2v) is 11.7. The first-order valence-corrected chi connectivity index (χ1v) is 16.1. The number of unbranched alkanes of at least 4 members (excludes halogenated alkanes) is 3. The first-order valence-electron chi connectivity index (χ1n) is 15.0. The van der Waals surface area contributed by atoms with Crippen molar-refractivity contribution < 1.29 is 29.0 Å². The minimum atomic E-state index is -1.33. The van der Waals surface area contributed by atoms with Crippen molar-refractivity contribution in [1.82, 2.24) is 20.2 Å². The number of pyridine rings is 2. The molecule has 0 saturated carbocycles. The number of benzene rings is 1. The Labute approximate surface area is 270 Å². The third kappa shape index (κ3) is 8.65. The summed E-state index contributed by atoms with van der Waals surface area (Å²) < 4.78 is 5.18. The maximum absolute atomic E-state index is 13.1. The Hall–Kier alpha value is -4.32. The molecule has 1 fully saturated rings. The van der Waals surface area contributed by atoms with Gasteiger partial charge < -0.3 is 15.2 Å². The summed E-state index contributed by atoms with van der Waals surface area (Å²) >= 11 is 3.48. The van der Waals surface area contributed by atoms with Crippen molar-refractivity contribution in [2.75, 3.05) is 11.9 Å². The number of imide groups is 1. The zero-order valence-corrected chi connectivity index (χ0v) is 27.2. The van der Waals surface area contributed by atoms with Gasteiger partial charge in [-0.1, -0.05) is 66.4 Å². The van der Waals surface area contributed by atoms with E-state index in [4.69, 9.17) is 4.74 Å². The summed E-state index contributed by atoms with van der Waals surface area (Å²) in [6, 6.07) is 12.2. The Morgan fingerprint density at radius 2 is 1.82 bits per heavy atom. The molecule has 4 rings (SSSR count). The predicted molar refractivity (Wildman–Crippen MR) is 173 cm³/mol. The summed E-state index contributed by atoms with van der Waals surface area (Å²) in [7, 11) is 0. The molecule has 0 aliphatic carbocycles. The van der Waals surface area contributed by atoms with Gasteiger partial charge in [0.05, 0.1) is 24.3 Å². The number of hydrogen-bond donors (Lipinski definition) is 3. The van der Waals surface area contributed by atoms with Crippen molar-refractivity contribution in [3.8, 4) is 11.3 Å². The lowest BCUT2D eigenvalue weighted by Crippen LogP contribution is -2.68. The Balaban J connectivity index is 1.35. The number of alkyl halides is 1. The van der Waals surface area contributed by atoms with E-state index in [1.54, 1.807) is 19.1 Å². The zero-order chi connectivity index (χ0) is 32.5. The van der Waals surface area contributed by atoms with E-state index in [1.807, 2.05) is 43.3 Å². The van der Waals surface area contributed by atoms with Crippen LogP contribution in [0.15, 0.2) is 54.7 Å². The highest BCUT2D eigenvalue weighted by Gasteiger charge is 2.54. The summed E-state index contributed by atoms with van der Waals surface area (Å²) in [6.45, 7) is 6.10. The number of rotatable bonds is 13. The smallest absolute Gasteiger partial charge is 0.412 e. The number of carbonyl (C=O) groups is 4. The van der Waals surface area contributed by atoms with Gasteiger partial charge in [-0.05, 0) is 67.6 Å². The lowest BCUT2D eigenvalue weighted by atomic mass is 9.82. The van der Waals surface area contributed by atoms with E-state index in [0.29, 0.717) is 17.5 Å². The summed E-state index contributed by atoms with van der Waals surface area (Å²) in [5, 5.41) is 15.9. The molecule has 3 heterocycles. The molecule has 3 atom stereocenters. The highest BCUT2D eigenvalue weighted by atomic mass is 79.9. The summed E-state index contributed by atoms with van der Waals surface area (Å²) in [6.07, 6.45) is 4.78. The standard InChI is InChI=1S/C33H38BrN5O6/c1-4-5-6-7-14-45-33(44)38-28-18-22(12-13-35-28)16-26-29(31(41)42)39(30(26)40)32(43)37-21(3)24-8-10-25(11-9-24)27-17-23(19-34)15-20(2)36-27/h8-13,15,17-18,21,26,29H,4-7,14,16,19H2,1-3H3,(H,37,43)(H,41,42)(H,35,38,44)/t21-,26-,29+/m1/s1.